The van der Waals surface area contributed by atoms with Crippen LogP contribution in [0, 0.1) is 0 Å². The molecule has 0 saturated heterocycles. The molecule has 0 bridgehead atoms. The van der Waals surface area contributed by atoms with Crippen molar-refractivity contribution >= 4 is 0 Å². The molecule has 3 nitrogen and oxygen atoms in total. The van der Waals surface area contributed by atoms with Crippen molar-refractivity contribution in [1.82, 2.24) is 0 Å². The van der Waals surface area contributed by atoms with Gasteiger partial charge in [0.15, 0.2) is 0 Å². The number of methoxy groups -OCH3 is 3. The fourth-order valence-electron chi connectivity index (χ4n) is 3.04. The Bertz CT molecular complexity index is 662. The molecule has 0 atom stereocenters. The van der Waals surface area contributed by atoms with Gasteiger partial charge >= 0.3 is 0 Å². The van der Waals surface area contributed by atoms with Crippen LogP contribution < -0.4 is 14.2 Å². The third-order valence-electron chi connectivity index (χ3n) is 4.09. The molecule has 3 heteroatoms. The van der Waals surface area contributed by atoms with Crippen LogP contribution in [0.5, 0.6) is 17.2 Å². The van der Waals surface area contributed by atoms with Gasteiger partial charge in [-0.1, -0.05) is 6.07 Å². The van der Waals surface area contributed by atoms with Crippen molar-refractivity contribution in [2.45, 2.75) is 19.3 Å². The predicted octanol–water partition coefficient (Wildman–Crippen LogP) is 3.87. The second-order valence-corrected chi connectivity index (χ2v) is 5.24. The van der Waals surface area contributed by atoms with Crippen LogP contribution in [0.1, 0.15) is 17.5 Å². The quantitative estimate of drug-likeness (QED) is 0.856. The van der Waals surface area contributed by atoms with Gasteiger partial charge < -0.3 is 14.2 Å². The van der Waals surface area contributed by atoms with Gasteiger partial charge in [-0.2, -0.15) is 0 Å². The lowest BCUT2D eigenvalue weighted by molar-refractivity contribution is 0.394. The summed E-state index contributed by atoms with van der Waals surface area (Å²) in [7, 11) is 5.11. The highest BCUT2D eigenvalue weighted by Gasteiger charge is 2.20. The van der Waals surface area contributed by atoms with E-state index in [0.717, 1.165) is 36.5 Å². The molecule has 110 valence electrons. The maximum absolute atomic E-state index is 5.61. The van der Waals surface area contributed by atoms with Gasteiger partial charge in [0.1, 0.15) is 17.2 Å². The van der Waals surface area contributed by atoms with E-state index in [9.17, 15) is 0 Å². The van der Waals surface area contributed by atoms with E-state index in [0.29, 0.717) is 0 Å². The average molecular weight is 284 g/mol. The molecule has 0 saturated carbocycles. The smallest absolute Gasteiger partial charge is 0.130 e. The first-order valence-corrected chi connectivity index (χ1v) is 7.19. The fraction of sp³-hybridized carbons (Fsp3) is 0.333. The standard InChI is InChI=1S/C18H20O3/c1-19-14-7-8-16-12(9-14)5-4-6-13-10-15(20-2)11-17(21-3)18(13)16/h7-11H,4-6H2,1-3H3. The van der Waals surface area contributed by atoms with Crippen LogP contribution in [0.2, 0.25) is 0 Å². The van der Waals surface area contributed by atoms with Crippen molar-refractivity contribution < 1.29 is 14.2 Å². The molecule has 1 aliphatic rings. The van der Waals surface area contributed by atoms with E-state index in [2.05, 4.69) is 18.2 Å². The van der Waals surface area contributed by atoms with Gasteiger partial charge in [0.25, 0.3) is 0 Å². The molecule has 2 aromatic rings. The average Bonchev–Trinajstić information content (AvgIpc) is 2.72. The van der Waals surface area contributed by atoms with Crippen molar-refractivity contribution in [3.05, 3.63) is 41.5 Å². The molecule has 21 heavy (non-hydrogen) atoms. The van der Waals surface area contributed by atoms with Crippen molar-refractivity contribution in [2.24, 2.45) is 0 Å². The second-order valence-electron chi connectivity index (χ2n) is 5.24. The van der Waals surface area contributed by atoms with E-state index in [1.165, 1.54) is 22.3 Å². The Morgan fingerprint density at radius 2 is 1.48 bits per heavy atom. The minimum atomic E-state index is 0.850. The zero-order valence-corrected chi connectivity index (χ0v) is 12.7. The minimum absolute atomic E-state index is 0.850. The minimum Gasteiger partial charge on any atom is -0.497 e. The maximum atomic E-state index is 5.61. The van der Waals surface area contributed by atoms with E-state index in [4.69, 9.17) is 14.2 Å². The van der Waals surface area contributed by atoms with E-state index in [1.807, 2.05) is 12.1 Å². The number of hydrogen-bond donors (Lipinski definition) is 0. The lowest BCUT2D eigenvalue weighted by atomic mass is 9.95. The maximum Gasteiger partial charge on any atom is 0.130 e. The monoisotopic (exact) mass is 284 g/mol. The van der Waals surface area contributed by atoms with E-state index < -0.39 is 0 Å². The first-order valence-electron chi connectivity index (χ1n) is 7.19. The highest BCUT2D eigenvalue weighted by molar-refractivity contribution is 5.79. The van der Waals surface area contributed by atoms with Crippen molar-refractivity contribution in [1.29, 1.82) is 0 Å². The van der Waals surface area contributed by atoms with Gasteiger partial charge in [-0.15, -0.1) is 0 Å². The molecule has 0 radical (unpaired) electrons. The second kappa shape index (κ2) is 5.68. The van der Waals surface area contributed by atoms with Gasteiger partial charge in [-0.3, -0.25) is 0 Å². The SMILES string of the molecule is COc1ccc2c(c1)CCCc1cc(OC)cc(OC)c1-2. The van der Waals surface area contributed by atoms with Crippen LogP contribution in [0.15, 0.2) is 30.3 Å². The molecule has 1 aliphatic carbocycles. The highest BCUT2D eigenvalue weighted by atomic mass is 16.5. The molecule has 0 heterocycles. The van der Waals surface area contributed by atoms with Crippen LogP contribution in [0.25, 0.3) is 11.1 Å². The number of aryl methyl sites for hydroxylation is 2. The first-order chi connectivity index (χ1) is 10.3. The summed E-state index contributed by atoms with van der Waals surface area (Å²) in [6.07, 6.45) is 3.19. The van der Waals surface area contributed by atoms with Crippen molar-refractivity contribution in [3.8, 4) is 28.4 Å². The van der Waals surface area contributed by atoms with Crippen LogP contribution in [-0.4, -0.2) is 21.3 Å². The summed E-state index contributed by atoms with van der Waals surface area (Å²) in [5, 5.41) is 0. The summed E-state index contributed by atoms with van der Waals surface area (Å²) < 4.78 is 16.4. The molecule has 2 aromatic carbocycles. The van der Waals surface area contributed by atoms with Crippen LogP contribution >= 0.6 is 0 Å². The molecule has 0 spiro atoms. The summed E-state index contributed by atoms with van der Waals surface area (Å²) >= 11 is 0. The molecule has 0 fully saturated rings. The first kappa shape index (κ1) is 13.8. The summed E-state index contributed by atoms with van der Waals surface area (Å²) in [6.45, 7) is 0. The number of hydrogen-bond acceptors (Lipinski definition) is 3. The van der Waals surface area contributed by atoms with Gasteiger partial charge in [0.2, 0.25) is 0 Å². The molecule has 3 rings (SSSR count). The number of rotatable bonds is 3. The van der Waals surface area contributed by atoms with Gasteiger partial charge in [-0.25, -0.2) is 0 Å². The largest absolute Gasteiger partial charge is 0.497 e. The Balaban J connectivity index is 2.23. The summed E-state index contributed by atoms with van der Waals surface area (Å²) in [5.74, 6) is 2.63. The Morgan fingerprint density at radius 3 is 2.19 bits per heavy atom. The molecule has 0 amide bonds. The molecule has 0 unspecified atom stereocenters. The molecule has 0 aromatic heterocycles. The number of benzene rings is 2. The lowest BCUT2D eigenvalue weighted by Gasteiger charge is -2.16. The van der Waals surface area contributed by atoms with Crippen LogP contribution in [0.4, 0.5) is 0 Å². The summed E-state index contributed by atoms with van der Waals surface area (Å²) in [5.41, 5.74) is 5.03. The Hall–Kier alpha value is -2.16. The molecule has 0 aliphatic heterocycles. The van der Waals surface area contributed by atoms with Crippen molar-refractivity contribution in [3.63, 3.8) is 0 Å². The van der Waals surface area contributed by atoms with Gasteiger partial charge in [-0.05, 0) is 54.2 Å². The van der Waals surface area contributed by atoms with E-state index >= 15 is 0 Å². The number of fused-ring (bicyclic) bond motifs is 3. The summed E-state index contributed by atoms with van der Waals surface area (Å²) in [6, 6.07) is 10.4. The lowest BCUT2D eigenvalue weighted by Crippen LogP contribution is -1.96. The number of ether oxygens (including phenoxy) is 3. The normalized spacial score (nSPS) is 12.9. The van der Waals surface area contributed by atoms with Crippen LogP contribution in [0.3, 0.4) is 0 Å². The van der Waals surface area contributed by atoms with Crippen LogP contribution in [-0.2, 0) is 12.8 Å². The third kappa shape index (κ3) is 2.44. The Morgan fingerprint density at radius 1 is 0.762 bits per heavy atom. The molecular weight excluding hydrogens is 264 g/mol. The van der Waals surface area contributed by atoms with Gasteiger partial charge in [0, 0.05) is 11.6 Å². The van der Waals surface area contributed by atoms with E-state index in [1.54, 1.807) is 21.3 Å². The molecular formula is C18H20O3. The van der Waals surface area contributed by atoms with Gasteiger partial charge in [0.05, 0.1) is 21.3 Å². The van der Waals surface area contributed by atoms with Crippen molar-refractivity contribution in [2.75, 3.05) is 21.3 Å². The van der Waals surface area contributed by atoms with E-state index in [-0.39, 0.29) is 0 Å². The topological polar surface area (TPSA) is 27.7 Å². The molecule has 0 N–H and O–H groups in total. The highest BCUT2D eigenvalue weighted by Crippen LogP contribution is 2.42. The fourth-order valence-corrected chi connectivity index (χ4v) is 3.04. The third-order valence-corrected chi connectivity index (χ3v) is 4.09. The zero-order valence-electron chi connectivity index (χ0n) is 12.7. The Kier molecular flexibility index (Phi) is 3.74. The Labute approximate surface area is 125 Å². The zero-order chi connectivity index (χ0) is 14.8. The summed E-state index contributed by atoms with van der Waals surface area (Å²) in [4.78, 5) is 0. The predicted molar refractivity (Wildman–Crippen MR) is 83.6 cm³/mol.